The number of anilines is 1. The van der Waals surface area contributed by atoms with Crippen LogP contribution in [0.25, 0.3) is 11.2 Å². The van der Waals surface area contributed by atoms with E-state index in [1.54, 1.807) is 19.2 Å². The first-order valence-electron chi connectivity index (χ1n) is 5.65. The van der Waals surface area contributed by atoms with Gasteiger partial charge in [-0.1, -0.05) is 0 Å². The van der Waals surface area contributed by atoms with Gasteiger partial charge in [0.25, 0.3) is 5.71 Å². The van der Waals surface area contributed by atoms with E-state index < -0.39 is 18.0 Å². The van der Waals surface area contributed by atoms with Crippen molar-refractivity contribution in [2.45, 2.75) is 6.10 Å². The fraction of sp³-hybridized carbons (Fsp3) is 0.364. The van der Waals surface area contributed by atoms with Crippen molar-refractivity contribution in [2.75, 3.05) is 18.1 Å². The maximum atomic E-state index is 11.6. The Kier molecular flexibility index (Phi) is 2.53. The summed E-state index contributed by atoms with van der Waals surface area (Å²) in [4.78, 5) is 28.4. The van der Waals surface area contributed by atoms with E-state index in [-0.39, 0.29) is 18.9 Å². The molecule has 0 aromatic carbocycles. The van der Waals surface area contributed by atoms with Gasteiger partial charge in [-0.25, -0.2) is 9.59 Å². The number of pyridine rings is 1. The Bertz CT molecular complexity index is 704. The van der Waals surface area contributed by atoms with Gasteiger partial charge < -0.3 is 14.3 Å². The minimum absolute atomic E-state index is 0.158. The number of aryl methyl sites for hydroxylation is 1. The fourth-order valence-corrected chi connectivity index (χ4v) is 1.96. The van der Waals surface area contributed by atoms with Gasteiger partial charge in [0.1, 0.15) is 17.4 Å². The molecular weight excluding hydrogens is 254 g/mol. The highest BCUT2D eigenvalue weighted by Crippen LogP contribution is 2.22. The van der Waals surface area contributed by atoms with Crippen LogP contribution in [-0.4, -0.2) is 40.0 Å². The Morgan fingerprint density at radius 1 is 1.47 bits per heavy atom. The number of carbonyl (C=O) groups excluding carboxylic acids is 1. The summed E-state index contributed by atoms with van der Waals surface area (Å²) in [7, 11) is 1.57. The highest BCUT2D eigenvalue weighted by Gasteiger charge is 2.32. The van der Waals surface area contributed by atoms with Crippen LogP contribution in [-0.2, 0) is 11.8 Å². The SMILES string of the molecule is Cn1c(=O)oc2nc(N3CC(CO)OC3=O)ccc21. The second kappa shape index (κ2) is 4.09. The third-order valence-corrected chi connectivity index (χ3v) is 3.00. The van der Waals surface area contributed by atoms with E-state index in [0.717, 1.165) is 0 Å². The van der Waals surface area contributed by atoms with Crippen molar-refractivity contribution in [3.63, 3.8) is 0 Å². The molecule has 8 nitrogen and oxygen atoms in total. The number of hydrogen-bond donors (Lipinski definition) is 1. The van der Waals surface area contributed by atoms with Crippen LogP contribution in [0.15, 0.2) is 21.3 Å². The minimum atomic E-state index is -0.579. The highest BCUT2D eigenvalue weighted by atomic mass is 16.6. The normalized spacial score (nSPS) is 19.2. The molecule has 2 aromatic heterocycles. The molecule has 3 rings (SSSR count). The zero-order valence-electron chi connectivity index (χ0n) is 10.1. The molecule has 0 radical (unpaired) electrons. The lowest BCUT2D eigenvalue weighted by atomic mass is 10.3. The van der Waals surface area contributed by atoms with Crippen molar-refractivity contribution in [3.8, 4) is 0 Å². The lowest BCUT2D eigenvalue weighted by Crippen LogP contribution is -2.26. The zero-order valence-corrected chi connectivity index (χ0v) is 10.1. The summed E-state index contributed by atoms with van der Waals surface area (Å²) >= 11 is 0. The predicted octanol–water partition coefficient (Wildman–Crippen LogP) is -0.156. The van der Waals surface area contributed by atoms with Gasteiger partial charge in [0.2, 0.25) is 0 Å². The molecule has 19 heavy (non-hydrogen) atoms. The van der Waals surface area contributed by atoms with Crippen LogP contribution < -0.4 is 10.7 Å². The van der Waals surface area contributed by atoms with Gasteiger partial charge >= 0.3 is 11.8 Å². The first-order chi connectivity index (χ1) is 9.10. The molecule has 1 fully saturated rings. The highest BCUT2D eigenvalue weighted by molar-refractivity contribution is 5.89. The molecule has 1 atom stereocenters. The van der Waals surface area contributed by atoms with E-state index in [1.807, 2.05) is 0 Å². The Labute approximate surface area is 106 Å². The van der Waals surface area contributed by atoms with Gasteiger partial charge in [-0.3, -0.25) is 9.47 Å². The summed E-state index contributed by atoms with van der Waals surface area (Å²) in [5, 5.41) is 8.97. The van der Waals surface area contributed by atoms with E-state index in [0.29, 0.717) is 11.3 Å². The number of fused-ring (bicyclic) bond motifs is 1. The first kappa shape index (κ1) is 11.7. The number of oxazole rings is 1. The Morgan fingerprint density at radius 2 is 2.26 bits per heavy atom. The van der Waals surface area contributed by atoms with Gasteiger partial charge in [-0.05, 0) is 12.1 Å². The van der Waals surface area contributed by atoms with Crippen LogP contribution in [0.4, 0.5) is 10.6 Å². The van der Waals surface area contributed by atoms with Gasteiger partial charge in [0, 0.05) is 7.05 Å². The summed E-state index contributed by atoms with van der Waals surface area (Å²) in [6.45, 7) is -0.0319. The number of aliphatic hydroxyl groups is 1. The first-order valence-corrected chi connectivity index (χ1v) is 5.65. The van der Waals surface area contributed by atoms with Gasteiger partial charge in [0.05, 0.1) is 13.2 Å². The molecule has 0 bridgehead atoms. The zero-order chi connectivity index (χ0) is 13.6. The summed E-state index contributed by atoms with van der Waals surface area (Å²) in [5.74, 6) is -0.195. The molecule has 0 aliphatic carbocycles. The summed E-state index contributed by atoms with van der Waals surface area (Å²) < 4.78 is 11.2. The van der Waals surface area contributed by atoms with Gasteiger partial charge in [-0.2, -0.15) is 4.98 Å². The number of nitrogens with zero attached hydrogens (tertiary/aromatic N) is 3. The van der Waals surface area contributed by atoms with Crippen molar-refractivity contribution in [1.29, 1.82) is 0 Å². The lowest BCUT2D eigenvalue weighted by Gasteiger charge is -2.10. The fourth-order valence-electron chi connectivity index (χ4n) is 1.96. The van der Waals surface area contributed by atoms with Crippen molar-refractivity contribution >= 4 is 23.1 Å². The molecule has 0 saturated carbocycles. The predicted molar refractivity (Wildman–Crippen MR) is 64.0 cm³/mol. The largest absolute Gasteiger partial charge is 0.441 e. The maximum Gasteiger partial charge on any atom is 0.421 e. The number of amides is 1. The van der Waals surface area contributed by atoms with Crippen LogP contribution in [0.1, 0.15) is 0 Å². The molecule has 1 saturated heterocycles. The molecule has 1 aliphatic rings. The Balaban J connectivity index is 2.02. The van der Waals surface area contributed by atoms with E-state index in [9.17, 15) is 9.59 Å². The summed E-state index contributed by atoms with van der Waals surface area (Å²) in [6.07, 6.45) is -1.14. The molecule has 100 valence electrons. The minimum Gasteiger partial charge on any atom is -0.441 e. The number of hydrogen-bond acceptors (Lipinski definition) is 6. The van der Waals surface area contributed by atoms with Crippen LogP contribution >= 0.6 is 0 Å². The quantitative estimate of drug-likeness (QED) is 0.810. The number of aliphatic hydroxyl groups excluding tert-OH is 1. The smallest absolute Gasteiger partial charge is 0.421 e. The monoisotopic (exact) mass is 265 g/mol. The number of carbonyl (C=O) groups is 1. The molecule has 1 unspecified atom stereocenters. The van der Waals surface area contributed by atoms with Crippen molar-refractivity contribution in [2.24, 2.45) is 7.05 Å². The topological polar surface area (TPSA) is 97.8 Å². The number of cyclic esters (lactones) is 1. The maximum absolute atomic E-state index is 11.6. The molecule has 2 aromatic rings. The third-order valence-electron chi connectivity index (χ3n) is 3.00. The van der Waals surface area contributed by atoms with Crippen LogP contribution in [0, 0.1) is 0 Å². The molecule has 8 heteroatoms. The van der Waals surface area contributed by atoms with Gasteiger partial charge in [0.15, 0.2) is 0 Å². The number of aromatic nitrogens is 2. The Hall–Kier alpha value is -2.35. The van der Waals surface area contributed by atoms with E-state index in [1.165, 1.54) is 9.47 Å². The van der Waals surface area contributed by atoms with E-state index in [2.05, 4.69) is 4.98 Å². The van der Waals surface area contributed by atoms with Crippen molar-refractivity contribution in [3.05, 3.63) is 22.7 Å². The summed E-state index contributed by atoms with van der Waals surface area (Å²) in [6, 6.07) is 3.24. The van der Waals surface area contributed by atoms with Crippen LogP contribution in [0.2, 0.25) is 0 Å². The molecule has 1 N–H and O–H groups in total. The van der Waals surface area contributed by atoms with Gasteiger partial charge in [-0.15, -0.1) is 0 Å². The molecule has 1 aliphatic heterocycles. The average molecular weight is 265 g/mol. The number of ether oxygens (including phenoxy) is 1. The molecular formula is C11H11N3O5. The van der Waals surface area contributed by atoms with Crippen LogP contribution in [0.5, 0.6) is 0 Å². The Morgan fingerprint density at radius 3 is 2.95 bits per heavy atom. The lowest BCUT2D eigenvalue weighted by molar-refractivity contribution is 0.0963. The number of rotatable bonds is 2. The molecule has 3 heterocycles. The standard InChI is InChI=1S/C11H11N3O5/c1-13-7-2-3-8(12-9(7)19-10(13)16)14-4-6(5-15)18-11(14)17/h2-3,6,15H,4-5H2,1H3. The van der Waals surface area contributed by atoms with Crippen molar-refractivity contribution < 1.29 is 19.1 Å². The molecule has 0 spiro atoms. The second-order valence-electron chi connectivity index (χ2n) is 4.22. The molecule has 1 amide bonds. The second-order valence-corrected chi connectivity index (χ2v) is 4.22. The summed E-state index contributed by atoms with van der Waals surface area (Å²) in [5.41, 5.74) is 0.699. The average Bonchev–Trinajstić information content (AvgIpc) is 2.91. The third kappa shape index (κ3) is 1.76. The van der Waals surface area contributed by atoms with Crippen LogP contribution in [0.3, 0.4) is 0 Å². The van der Waals surface area contributed by atoms with E-state index in [4.69, 9.17) is 14.3 Å². The van der Waals surface area contributed by atoms with Crippen molar-refractivity contribution in [1.82, 2.24) is 9.55 Å². The van der Waals surface area contributed by atoms with E-state index >= 15 is 0 Å².